The van der Waals surface area contributed by atoms with Crippen LogP contribution in [0, 0.1) is 0 Å². The maximum atomic E-state index is 13.7. The van der Waals surface area contributed by atoms with Crippen LogP contribution in [-0.4, -0.2) is 56.1 Å². The van der Waals surface area contributed by atoms with Crippen LogP contribution in [0.4, 0.5) is 10.7 Å². The largest absolute Gasteiger partial charge is 0.489 e. The molecule has 2 heterocycles. The van der Waals surface area contributed by atoms with E-state index in [4.69, 9.17) is 14.2 Å². The molecule has 2 aliphatic rings. The first-order valence-electron chi connectivity index (χ1n) is 15.5. The smallest absolute Gasteiger partial charge is 0.337 e. The molecule has 10 heteroatoms. The molecule has 1 aliphatic heterocycles. The van der Waals surface area contributed by atoms with Crippen LogP contribution >= 0.6 is 11.3 Å². The van der Waals surface area contributed by atoms with Crippen molar-refractivity contribution in [2.75, 3.05) is 44.0 Å². The van der Waals surface area contributed by atoms with E-state index < -0.39 is 0 Å². The number of rotatable bonds is 10. The minimum Gasteiger partial charge on any atom is -0.489 e. The first-order chi connectivity index (χ1) is 22.5. The lowest BCUT2D eigenvalue weighted by Gasteiger charge is -2.26. The van der Waals surface area contributed by atoms with Gasteiger partial charge < -0.3 is 24.8 Å². The summed E-state index contributed by atoms with van der Waals surface area (Å²) >= 11 is 1.51. The van der Waals surface area contributed by atoms with Crippen molar-refractivity contribution in [1.29, 1.82) is 0 Å². The Balaban J connectivity index is 1.11. The van der Waals surface area contributed by atoms with Gasteiger partial charge in [0, 0.05) is 35.8 Å². The van der Waals surface area contributed by atoms with Gasteiger partial charge in [-0.2, -0.15) is 0 Å². The van der Waals surface area contributed by atoms with Crippen LogP contribution in [-0.2, 0) is 35.5 Å². The molecule has 0 unspecified atom stereocenters. The second-order valence-electron chi connectivity index (χ2n) is 11.4. The zero-order valence-corrected chi connectivity index (χ0v) is 26.6. The van der Waals surface area contributed by atoms with E-state index in [2.05, 4.69) is 15.5 Å². The molecule has 6 rings (SSSR count). The Kier molecular flexibility index (Phi) is 10.1. The molecule has 1 saturated heterocycles. The van der Waals surface area contributed by atoms with E-state index >= 15 is 0 Å². The van der Waals surface area contributed by atoms with Crippen LogP contribution in [0.1, 0.15) is 65.5 Å². The monoisotopic (exact) mass is 639 g/mol. The molecule has 0 radical (unpaired) electrons. The van der Waals surface area contributed by atoms with Crippen molar-refractivity contribution in [3.8, 4) is 5.75 Å². The molecule has 0 saturated carbocycles. The fraction of sp³-hybridized carbons (Fsp3) is 0.306. The number of morpholine rings is 1. The zero-order valence-electron chi connectivity index (χ0n) is 25.8. The molecule has 1 aliphatic carbocycles. The average Bonchev–Trinajstić information content (AvgIpc) is 3.46. The van der Waals surface area contributed by atoms with Crippen molar-refractivity contribution < 1.29 is 28.6 Å². The number of hydrogen-bond donors (Lipinski definition) is 2. The minimum atomic E-state index is -0.382. The third-order valence-electron chi connectivity index (χ3n) is 8.22. The van der Waals surface area contributed by atoms with Crippen LogP contribution in [0.15, 0.2) is 72.8 Å². The summed E-state index contributed by atoms with van der Waals surface area (Å²) in [4.78, 5) is 42.3. The predicted octanol–water partition coefficient (Wildman–Crippen LogP) is 6.33. The lowest BCUT2D eigenvalue weighted by atomic mass is 9.95. The number of fused-ring (bicyclic) bond motifs is 1. The number of ether oxygens (including phenoxy) is 3. The predicted molar refractivity (Wildman–Crippen MR) is 178 cm³/mol. The number of methoxy groups -OCH3 is 1. The van der Waals surface area contributed by atoms with E-state index in [0.717, 1.165) is 80.1 Å². The Hall–Kier alpha value is -4.51. The maximum Gasteiger partial charge on any atom is 0.337 e. The Morgan fingerprint density at radius 3 is 2.37 bits per heavy atom. The SMILES string of the molecule is COC(=O)c1ccc(COc2ccc(NC(=O)c3c(NC(=O)c4cccc(CN5CCOCC5)c4)sc4c3CCCC4)cc2)cc1. The summed E-state index contributed by atoms with van der Waals surface area (Å²) < 4.78 is 16.1. The summed E-state index contributed by atoms with van der Waals surface area (Å²) in [7, 11) is 1.35. The number of carbonyl (C=O) groups is 3. The third-order valence-corrected chi connectivity index (χ3v) is 9.42. The van der Waals surface area contributed by atoms with E-state index in [1.807, 2.05) is 36.4 Å². The topological polar surface area (TPSA) is 106 Å². The molecule has 3 aromatic carbocycles. The van der Waals surface area contributed by atoms with Crippen LogP contribution in [0.5, 0.6) is 5.75 Å². The molecule has 2 N–H and O–H groups in total. The molecule has 46 heavy (non-hydrogen) atoms. The lowest BCUT2D eigenvalue weighted by Crippen LogP contribution is -2.35. The van der Waals surface area contributed by atoms with Gasteiger partial charge in [-0.05, 0) is 90.9 Å². The van der Waals surface area contributed by atoms with E-state index in [1.165, 1.54) is 18.4 Å². The van der Waals surface area contributed by atoms with Crippen molar-refractivity contribution in [3.63, 3.8) is 0 Å². The summed E-state index contributed by atoms with van der Waals surface area (Å²) in [5, 5.41) is 6.69. The van der Waals surface area contributed by atoms with Gasteiger partial charge in [-0.3, -0.25) is 14.5 Å². The van der Waals surface area contributed by atoms with Gasteiger partial charge in [0.15, 0.2) is 0 Å². The number of nitrogens with zero attached hydrogens (tertiary/aromatic N) is 1. The zero-order chi connectivity index (χ0) is 31.9. The summed E-state index contributed by atoms with van der Waals surface area (Å²) in [5.74, 6) is -0.202. The van der Waals surface area contributed by atoms with Crippen molar-refractivity contribution >= 4 is 39.8 Å². The number of anilines is 2. The Labute approximate surface area is 272 Å². The molecule has 1 fully saturated rings. The molecular weight excluding hydrogens is 602 g/mol. The van der Waals surface area contributed by atoms with E-state index in [0.29, 0.717) is 39.7 Å². The number of carbonyl (C=O) groups excluding carboxylic acids is 3. The molecular formula is C36H37N3O6S. The van der Waals surface area contributed by atoms with Crippen LogP contribution in [0.3, 0.4) is 0 Å². The average molecular weight is 640 g/mol. The first kappa shape index (κ1) is 31.5. The van der Waals surface area contributed by atoms with Gasteiger partial charge in [-0.1, -0.05) is 24.3 Å². The number of thiophene rings is 1. The summed E-state index contributed by atoms with van der Waals surface area (Å²) in [6, 6.07) is 21.9. The van der Waals surface area contributed by atoms with Crippen LogP contribution in [0.2, 0.25) is 0 Å². The number of nitrogens with one attached hydrogen (secondary N) is 2. The van der Waals surface area contributed by atoms with Crippen molar-refractivity contribution in [2.45, 2.75) is 38.8 Å². The molecule has 238 valence electrons. The number of esters is 1. The fourth-order valence-electron chi connectivity index (χ4n) is 5.75. The molecule has 0 bridgehead atoms. The summed E-state index contributed by atoms with van der Waals surface area (Å²) in [6.45, 7) is 4.29. The highest BCUT2D eigenvalue weighted by Gasteiger charge is 2.27. The highest BCUT2D eigenvalue weighted by atomic mass is 32.1. The summed E-state index contributed by atoms with van der Waals surface area (Å²) in [5.41, 5.74) is 5.24. The first-order valence-corrected chi connectivity index (χ1v) is 16.3. The van der Waals surface area contributed by atoms with Gasteiger partial charge in [0.05, 0.1) is 31.5 Å². The van der Waals surface area contributed by atoms with Gasteiger partial charge in [0.1, 0.15) is 17.4 Å². The van der Waals surface area contributed by atoms with Gasteiger partial charge in [-0.25, -0.2) is 4.79 Å². The highest BCUT2D eigenvalue weighted by molar-refractivity contribution is 7.17. The second kappa shape index (κ2) is 14.7. The Morgan fingerprint density at radius 1 is 0.848 bits per heavy atom. The second-order valence-corrected chi connectivity index (χ2v) is 12.5. The van der Waals surface area contributed by atoms with Gasteiger partial charge in [0.2, 0.25) is 0 Å². The van der Waals surface area contributed by atoms with Gasteiger partial charge in [0.25, 0.3) is 11.8 Å². The third kappa shape index (κ3) is 7.64. The molecule has 9 nitrogen and oxygen atoms in total. The summed E-state index contributed by atoms with van der Waals surface area (Å²) in [6.07, 6.45) is 3.80. The minimum absolute atomic E-state index is 0.224. The van der Waals surface area contributed by atoms with Gasteiger partial charge in [-0.15, -0.1) is 11.3 Å². The van der Waals surface area contributed by atoms with Crippen molar-refractivity contribution in [3.05, 3.63) is 111 Å². The van der Waals surface area contributed by atoms with Crippen LogP contribution in [0.25, 0.3) is 0 Å². The van der Waals surface area contributed by atoms with Crippen LogP contribution < -0.4 is 15.4 Å². The Bertz CT molecular complexity index is 1690. The number of benzene rings is 3. The molecule has 4 aromatic rings. The number of hydrogen-bond acceptors (Lipinski definition) is 8. The highest BCUT2D eigenvalue weighted by Crippen LogP contribution is 2.39. The Morgan fingerprint density at radius 2 is 1.61 bits per heavy atom. The lowest BCUT2D eigenvalue weighted by molar-refractivity contribution is 0.0342. The van der Waals surface area contributed by atoms with E-state index in [9.17, 15) is 14.4 Å². The fourth-order valence-corrected chi connectivity index (χ4v) is 7.03. The van der Waals surface area contributed by atoms with Crippen molar-refractivity contribution in [2.24, 2.45) is 0 Å². The normalized spacial score (nSPS) is 14.6. The number of aryl methyl sites for hydroxylation is 1. The molecule has 2 amide bonds. The van der Waals surface area contributed by atoms with E-state index in [-0.39, 0.29) is 17.8 Å². The van der Waals surface area contributed by atoms with Gasteiger partial charge >= 0.3 is 5.97 Å². The molecule has 0 spiro atoms. The molecule has 0 atom stereocenters. The maximum absolute atomic E-state index is 13.7. The standard InChI is InChI=1S/C36H37N3O6S/c1-43-36(42)26-11-9-24(10-12-26)23-45-29-15-13-28(14-16-29)37-34(41)32-30-7-2-3-8-31(30)46-35(32)38-33(40)27-6-4-5-25(21-27)22-39-17-19-44-20-18-39/h4-6,9-16,21H,2-3,7-8,17-20,22-23H2,1H3,(H,37,41)(H,38,40). The number of amides is 2. The van der Waals surface area contributed by atoms with E-state index in [1.54, 1.807) is 36.4 Å². The quantitative estimate of drug-likeness (QED) is 0.195. The van der Waals surface area contributed by atoms with Crippen molar-refractivity contribution in [1.82, 2.24) is 4.90 Å². The molecule has 1 aromatic heterocycles.